The number of carbonyl (C=O) groups excluding carboxylic acids is 1. The number of nitrogens with zero attached hydrogens (tertiary/aromatic N) is 8. The summed E-state index contributed by atoms with van der Waals surface area (Å²) in [6.45, 7) is 6.20. The lowest BCUT2D eigenvalue weighted by Gasteiger charge is -2.33. The highest BCUT2D eigenvalue weighted by Crippen LogP contribution is 2.29. The van der Waals surface area contributed by atoms with Crippen LogP contribution in [0.2, 0.25) is 0 Å². The number of rotatable bonds is 7. The molecule has 10 heteroatoms. The van der Waals surface area contributed by atoms with Crippen LogP contribution in [0.25, 0.3) is 22.0 Å². The second-order valence-electron chi connectivity index (χ2n) is 10.1. The van der Waals surface area contributed by atoms with Gasteiger partial charge in [0.25, 0.3) is 0 Å². The van der Waals surface area contributed by atoms with Gasteiger partial charge in [0, 0.05) is 68.5 Å². The molecule has 0 unspecified atom stereocenters. The highest BCUT2D eigenvalue weighted by Gasteiger charge is 2.21. The summed E-state index contributed by atoms with van der Waals surface area (Å²) in [4.78, 5) is 24.2. The van der Waals surface area contributed by atoms with Gasteiger partial charge in [0.1, 0.15) is 12.5 Å². The number of likely N-dealkylation sites (N-methyl/N-ethyl adjacent to an activating group) is 1. The molecule has 196 valence electrons. The quantitative estimate of drug-likeness (QED) is 0.348. The lowest BCUT2D eigenvalue weighted by molar-refractivity contribution is 0.0991. The Balaban J connectivity index is 1.19. The maximum absolute atomic E-state index is 13.0. The van der Waals surface area contributed by atoms with Crippen molar-refractivity contribution in [2.45, 2.75) is 19.5 Å². The van der Waals surface area contributed by atoms with Crippen LogP contribution >= 0.6 is 0 Å². The van der Waals surface area contributed by atoms with E-state index in [2.05, 4.69) is 48.1 Å². The van der Waals surface area contributed by atoms with E-state index in [1.54, 1.807) is 6.20 Å². The molecule has 0 atom stereocenters. The van der Waals surface area contributed by atoms with E-state index in [1.807, 2.05) is 41.2 Å². The van der Waals surface area contributed by atoms with Crippen molar-refractivity contribution in [2.75, 3.05) is 57.9 Å². The van der Waals surface area contributed by atoms with Crippen molar-refractivity contribution in [2.24, 2.45) is 0 Å². The molecule has 38 heavy (non-hydrogen) atoms. The lowest BCUT2D eigenvalue weighted by Crippen LogP contribution is -2.44. The first kappa shape index (κ1) is 24.6. The molecular formula is C28H31FN8O. The Hall–Kier alpha value is -3.76. The lowest BCUT2D eigenvalue weighted by atomic mass is 10.0. The fourth-order valence-corrected chi connectivity index (χ4v) is 5.23. The number of ketones is 1. The van der Waals surface area contributed by atoms with Crippen molar-refractivity contribution < 1.29 is 9.18 Å². The molecule has 1 fully saturated rings. The molecule has 0 radical (unpaired) electrons. The van der Waals surface area contributed by atoms with Gasteiger partial charge in [-0.1, -0.05) is 6.07 Å². The Kier molecular flexibility index (Phi) is 6.82. The average Bonchev–Trinajstić information content (AvgIpc) is 3.37. The van der Waals surface area contributed by atoms with Gasteiger partial charge in [0.2, 0.25) is 0 Å². The van der Waals surface area contributed by atoms with Crippen LogP contribution in [-0.4, -0.2) is 93.5 Å². The first-order chi connectivity index (χ1) is 18.6. The molecule has 0 spiro atoms. The van der Waals surface area contributed by atoms with E-state index in [9.17, 15) is 9.18 Å². The fraction of sp³-hybridized carbons (Fsp3) is 0.393. The summed E-state index contributed by atoms with van der Waals surface area (Å²) in [6.07, 6.45) is 3.70. The molecule has 6 rings (SSSR count). The van der Waals surface area contributed by atoms with Crippen LogP contribution < -0.4 is 4.90 Å². The molecular weight excluding hydrogens is 483 g/mol. The largest absolute Gasteiger partial charge is 0.354 e. The number of carbonyl (C=O) groups is 1. The van der Waals surface area contributed by atoms with Gasteiger partial charge < -0.3 is 9.80 Å². The highest BCUT2D eigenvalue weighted by atomic mass is 19.1. The Morgan fingerprint density at radius 3 is 2.63 bits per heavy atom. The van der Waals surface area contributed by atoms with Crippen molar-refractivity contribution in [1.29, 1.82) is 0 Å². The van der Waals surface area contributed by atoms with Gasteiger partial charge >= 0.3 is 0 Å². The van der Waals surface area contributed by atoms with Gasteiger partial charge in [-0.05, 0) is 42.9 Å². The van der Waals surface area contributed by atoms with Crippen LogP contribution in [-0.2, 0) is 19.5 Å². The number of halogens is 1. The number of Topliss-reactive ketones (excluding diaryl/α,β-unsaturated/α-hetero) is 1. The minimum atomic E-state index is -0.351. The average molecular weight is 515 g/mol. The molecule has 1 aromatic carbocycles. The first-order valence-electron chi connectivity index (χ1n) is 13.1. The maximum Gasteiger partial charge on any atom is 0.170 e. The Morgan fingerprint density at radius 1 is 0.974 bits per heavy atom. The minimum absolute atomic E-state index is 0.0362. The van der Waals surface area contributed by atoms with Crippen LogP contribution in [0.15, 0.2) is 48.8 Å². The molecule has 4 aromatic rings. The smallest absolute Gasteiger partial charge is 0.170 e. The molecule has 0 amide bonds. The number of fused-ring (bicyclic) bond motifs is 2. The minimum Gasteiger partial charge on any atom is -0.354 e. The molecule has 2 aliphatic heterocycles. The third-order valence-electron chi connectivity index (χ3n) is 7.54. The summed E-state index contributed by atoms with van der Waals surface area (Å²) in [5.74, 6) is 0.869. The van der Waals surface area contributed by atoms with Crippen molar-refractivity contribution in [1.82, 2.24) is 34.8 Å². The van der Waals surface area contributed by atoms with E-state index in [1.165, 1.54) is 0 Å². The van der Waals surface area contributed by atoms with Crippen LogP contribution in [0.1, 0.15) is 21.7 Å². The van der Waals surface area contributed by atoms with E-state index < -0.39 is 0 Å². The van der Waals surface area contributed by atoms with E-state index in [4.69, 9.17) is 0 Å². The van der Waals surface area contributed by atoms with Gasteiger partial charge in [-0.2, -0.15) is 15.3 Å². The molecule has 3 aromatic heterocycles. The molecule has 0 saturated carbocycles. The number of anilines is 1. The normalized spacial score (nSPS) is 16.6. The summed E-state index contributed by atoms with van der Waals surface area (Å²) in [6, 6.07) is 11.7. The van der Waals surface area contributed by atoms with Crippen molar-refractivity contribution in [3.8, 4) is 11.1 Å². The van der Waals surface area contributed by atoms with E-state index >= 15 is 0 Å². The van der Waals surface area contributed by atoms with Crippen molar-refractivity contribution >= 4 is 22.5 Å². The number of hydrogen-bond donors (Lipinski definition) is 0. The summed E-state index contributed by atoms with van der Waals surface area (Å²) in [7, 11) is 2.12. The van der Waals surface area contributed by atoms with Crippen LogP contribution in [0.4, 0.5) is 10.2 Å². The molecule has 0 aliphatic carbocycles. The Bertz CT molecular complexity index is 1450. The summed E-state index contributed by atoms with van der Waals surface area (Å²) < 4.78 is 14.9. The highest BCUT2D eigenvalue weighted by molar-refractivity contribution is 5.97. The Labute approximate surface area is 220 Å². The van der Waals surface area contributed by atoms with Crippen molar-refractivity contribution in [3.05, 3.63) is 65.7 Å². The van der Waals surface area contributed by atoms with E-state index in [0.717, 1.165) is 72.8 Å². The molecule has 9 nitrogen and oxygen atoms in total. The third kappa shape index (κ3) is 5.01. The van der Waals surface area contributed by atoms with Gasteiger partial charge in [-0.25, -0.2) is 9.37 Å². The second-order valence-corrected chi connectivity index (χ2v) is 10.1. The Morgan fingerprint density at radius 2 is 1.84 bits per heavy atom. The van der Waals surface area contributed by atoms with Gasteiger partial charge in [-0.3, -0.25) is 14.4 Å². The number of hydrogen-bond acceptors (Lipinski definition) is 8. The standard InChI is InChI=1S/C28H31FN8O/c1-34-8-11-36(12-9-34)28-5-3-21(17-30-28)27(38)16-23-15-22-14-20(2-4-25(22)33-32-23)24-18-31-37-13-10-35(7-6-29)19-26(24)37/h2-5,14-15,17-18H,6-13,16,19H2,1H3. The number of aromatic nitrogens is 5. The van der Waals surface area contributed by atoms with Crippen LogP contribution in [0, 0.1) is 0 Å². The first-order valence-corrected chi connectivity index (χ1v) is 13.1. The SMILES string of the molecule is CN1CCN(c2ccc(C(=O)Cc3cc4cc(-c5cnn6c5CN(CCF)CC6)ccc4nn3)cn2)CC1. The molecule has 0 bridgehead atoms. The van der Waals surface area contributed by atoms with E-state index in [-0.39, 0.29) is 18.9 Å². The fourth-order valence-electron chi connectivity index (χ4n) is 5.23. The number of alkyl halides is 1. The summed E-state index contributed by atoms with van der Waals surface area (Å²) >= 11 is 0. The number of piperazine rings is 1. The van der Waals surface area contributed by atoms with Crippen LogP contribution in [0.3, 0.4) is 0 Å². The topological polar surface area (TPSA) is 83.3 Å². The predicted molar refractivity (Wildman–Crippen MR) is 144 cm³/mol. The second kappa shape index (κ2) is 10.5. The van der Waals surface area contributed by atoms with Gasteiger partial charge in [0.15, 0.2) is 5.78 Å². The van der Waals surface area contributed by atoms with Crippen molar-refractivity contribution in [3.63, 3.8) is 0 Å². The third-order valence-corrected chi connectivity index (χ3v) is 7.54. The molecule has 0 N–H and O–H groups in total. The summed E-state index contributed by atoms with van der Waals surface area (Å²) in [5.41, 5.74) is 5.11. The monoisotopic (exact) mass is 514 g/mol. The summed E-state index contributed by atoms with van der Waals surface area (Å²) in [5, 5.41) is 14.1. The molecule has 1 saturated heterocycles. The van der Waals surface area contributed by atoms with Crippen LogP contribution in [0.5, 0.6) is 0 Å². The molecule has 5 heterocycles. The zero-order valence-electron chi connectivity index (χ0n) is 21.6. The molecule has 2 aliphatic rings. The number of benzene rings is 1. The van der Waals surface area contributed by atoms with Gasteiger partial charge in [0.05, 0.1) is 36.1 Å². The zero-order chi connectivity index (χ0) is 26.1. The number of pyridine rings is 1. The predicted octanol–water partition coefficient (Wildman–Crippen LogP) is 2.85. The maximum atomic E-state index is 13.0. The van der Waals surface area contributed by atoms with E-state index in [0.29, 0.717) is 24.3 Å². The van der Waals surface area contributed by atoms with Gasteiger partial charge in [-0.15, -0.1) is 0 Å². The zero-order valence-corrected chi connectivity index (χ0v) is 21.6.